The maximum Gasteiger partial charge on any atom is 0.106 e. The third-order valence-corrected chi connectivity index (χ3v) is 4.65. The lowest BCUT2D eigenvalue weighted by Gasteiger charge is -2.33. The third kappa shape index (κ3) is 3.10. The molecule has 0 saturated heterocycles. The van der Waals surface area contributed by atoms with Crippen LogP contribution in [0.25, 0.3) is 11.3 Å². The maximum absolute atomic E-state index is 6.43. The molecule has 24 heavy (non-hydrogen) atoms. The zero-order valence-electron chi connectivity index (χ0n) is 13.1. The Hall–Kier alpha value is -1.74. The first-order valence-corrected chi connectivity index (χ1v) is 8.61. The predicted octanol–water partition coefficient (Wildman–Crippen LogP) is 6.23. The molecule has 0 bridgehead atoms. The van der Waals surface area contributed by atoms with Crippen LogP contribution in [-0.4, -0.2) is 16.4 Å². The number of rotatable bonds is 3. The number of halogens is 3. The minimum Gasteiger partial charge on any atom is -0.339 e. The van der Waals surface area contributed by atoms with E-state index in [-0.39, 0.29) is 0 Å². The van der Waals surface area contributed by atoms with Gasteiger partial charge in [0.2, 0.25) is 0 Å². The van der Waals surface area contributed by atoms with Crippen molar-refractivity contribution in [1.29, 1.82) is 0 Å². The van der Waals surface area contributed by atoms with Crippen molar-refractivity contribution >= 4 is 46.1 Å². The van der Waals surface area contributed by atoms with Gasteiger partial charge in [-0.3, -0.25) is 4.98 Å². The summed E-state index contributed by atoms with van der Waals surface area (Å²) >= 11 is 18.8. The Labute approximate surface area is 156 Å². The summed E-state index contributed by atoms with van der Waals surface area (Å²) in [6.07, 6.45) is 3.50. The fraction of sp³-hybridized carbons (Fsp3) is 0.105. The standard InChI is InChI=1S/C19H15Cl3N2/c1-3-24-12(2)16(21)10-15(13-7-5-4-6-8-13)19(24)18-17(22)9-14(20)11-23-18/h4-11H,2-3H2,1H3. The summed E-state index contributed by atoms with van der Waals surface area (Å²) in [5, 5.41) is 1.59. The second-order valence-corrected chi connectivity index (χ2v) is 6.55. The highest BCUT2D eigenvalue weighted by Gasteiger charge is 2.27. The van der Waals surface area contributed by atoms with Gasteiger partial charge >= 0.3 is 0 Å². The zero-order chi connectivity index (χ0) is 17.3. The van der Waals surface area contributed by atoms with Gasteiger partial charge in [0.05, 0.1) is 26.5 Å². The van der Waals surface area contributed by atoms with Crippen LogP contribution in [0.2, 0.25) is 10.0 Å². The minimum absolute atomic E-state index is 0.489. The van der Waals surface area contributed by atoms with Gasteiger partial charge in [-0.15, -0.1) is 0 Å². The molecule has 0 amide bonds. The van der Waals surface area contributed by atoms with E-state index < -0.39 is 0 Å². The summed E-state index contributed by atoms with van der Waals surface area (Å²) in [7, 11) is 0. The van der Waals surface area contributed by atoms with Crippen LogP contribution < -0.4 is 0 Å². The van der Waals surface area contributed by atoms with Crippen LogP contribution in [0.1, 0.15) is 18.2 Å². The number of aromatic nitrogens is 1. The minimum atomic E-state index is 0.489. The van der Waals surface area contributed by atoms with Gasteiger partial charge in [0.1, 0.15) is 5.69 Å². The van der Waals surface area contributed by atoms with Crippen LogP contribution in [-0.2, 0) is 0 Å². The van der Waals surface area contributed by atoms with Gasteiger partial charge < -0.3 is 4.90 Å². The average molecular weight is 378 g/mol. The topological polar surface area (TPSA) is 16.1 Å². The lowest BCUT2D eigenvalue weighted by atomic mass is 9.97. The number of benzene rings is 1. The van der Waals surface area contributed by atoms with E-state index >= 15 is 0 Å². The molecule has 2 nitrogen and oxygen atoms in total. The van der Waals surface area contributed by atoms with Crippen LogP contribution in [0.3, 0.4) is 0 Å². The number of nitrogens with zero attached hydrogens (tertiary/aromatic N) is 2. The second kappa shape index (κ2) is 7.02. The molecule has 0 saturated carbocycles. The maximum atomic E-state index is 6.43. The Morgan fingerprint density at radius 2 is 1.83 bits per heavy atom. The molecular formula is C19H15Cl3N2. The first-order valence-electron chi connectivity index (χ1n) is 7.48. The fourth-order valence-corrected chi connectivity index (χ4v) is 3.40. The van der Waals surface area contributed by atoms with E-state index in [1.165, 1.54) is 0 Å². The highest BCUT2D eigenvalue weighted by molar-refractivity contribution is 6.36. The highest BCUT2D eigenvalue weighted by atomic mass is 35.5. The summed E-state index contributed by atoms with van der Waals surface area (Å²) in [5.74, 6) is 0. The molecule has 0 atom stereocenters. The van der Waals surface area contributed by atoms with Crippen molar-refractivity contribution in [3.05, 3.63) is 87.3 Å². The Morgan fingerprint density at radius 1 is 1.12 bits per heavy atom. The molecule has 0 fully saturated rings. The Balaban J connectivity index is 2.32. The van der Waals surface area contributed by atoms with Crippen molar-refractivity contribution in [2.45, 2.75) is 6.92 Å². The van der Waals surface area contributed by atoms with Crippen LogP contribution in [0, 0.1) is 0 Å². The summed E-state index contributed by atoms with van der Waals surface area (Å²) < 4.78 is 0. The fourth-order valence-electron chi connectivity index (χ4n) is 2.72. The molecule has 1 aromatic heterocycles. The molecule has 1 aromatic carbocycles. The molecule has 3 rings (SSSR count). The summed E-state index contributed by atoms with van der Waals surface area (Å²) in [6, 6.07) is 11.7. The van der Waals surface area contributed by atoms with Gasteiger partial charge in [-0.1, -0.05) is 71.7 Å². The molecule has 0 unspecified atom stereocenters. The summed E-state index contributed by atoms with van der Waals surface area (Å²) in [5.41, 5.74) is 4.24. The van der Waals surface area contributed by atoms with Gasteiger partial charge in [-0.2, -0.15) is 0 Å². The monoisotopic (exact) mass is 376 g/mol. The number of hydrogen-bond acceptors (Lipinski definition) is 2. The van der Waals surface area contributed by atoms with E-state index in [1.54, 1.807) is 12.3 Å². The lowest BCUT2D eigenvalue weighted by molar-refractivity contribution is 0.527. The van der Waals surface area contributed by atoms with E-state index in [9.17, 15) is 0 Å². The van der Waals surface area contributed by atoms with E-state index in [1.807, 2.05) is 48.2 Å². The largest absolute Gasteiger partial charge is 0.339 e. The quantitative estimate of drug-likeness (QED) is 0.630. The molecule has 5 heteroatoms. The molecule has 2 aromatic rings. The molecule has 122 valence electrons. The first-order chi connectivity index (χ1) is 11.5. The van der Waals surface area contributed by atoms with Crippen molar-refractivity contribution in [3.8, 4) is 0 Å². The van der Waals surface area contributed by atoms with Gasteiger partial charge in [0.25, 0.3) is 0 Å². The molecular weight excluding hydrogens is 363 g/mol. The van der Waals surface area contributed by atoms with Crippen LogP contribution >= 0.6 is 34.8 Å². The van der Waals surface area contributed by atoms with Crippen molar-refractivity contribution in [3.63, 3.8) is 0 Å². The number of likely N-dealkylation sites (N-methyl/N-ethyl adjacent to an activating group) is 1. The van der Waals surface area contributed by atoms with E-state index in [0.717, 1.165) is 22.5 Å². The average Bonchev–Trinajstić information content (AvgIpc) is 2.58. The van der Waals surface area contributed by atoms with Gasteiger partial charge in [-0.25, -0.2) is 0 Å². The Kier molecular flexibility index (Phi) is 5.00. The molecule has 1 aliphatic rings. The van der Waals surface area contributed by atoms with Gasteiger partial charge in [0.15, 0.2) is 0 Å². The first kappa shape index (κ1) is 17.1. The van der Waals surface area contributed by atoms with Gasteiger partial charge in [0, 0.05) is 18.3 Å². The van der Waals surface area contributed by atoms with Crippen molar-refractivity contribution < 1.29 is 0 Å². The van der Waals surface area contributed by atoms with E-state index in [0.29, 0.717) is 27.3 Å². The molecule has 2 heterocycles. The van der Waals surface area contributed by atoms with Crippen LogP contribution in [0.15, 0.2) is 66.0 Å². The number of allylic oxidation sites excluding steroid dienone is 3. The molecule has 0 aliphatic carbocycles. The summed E-state index contributed by atoms with van der Waals surface area (Å²) in [6.45, 7) is 6.82. The summed E-state index contributed by atoms with van der Waals surface area (Å²) in [4.78, 5) is 6.48. The Morgan fingerprint density at radius 3 is 2.46 bits per heavy atom. The van der Waals surface area contributed by atoms with E-state index in [4.69, 9.17) is 34.8 Å². The zero-order valence-corrected chi connectivity index (χ0v) is 15.3. The smallest absolute Gasteiger partial charge is 0.106 e. The number of pyridine rings is 1. The van der Waals surface area contributed by atoms with Gasteiger partial charge in [-0.05, 0) is 24.6 Å². The molecule has 0 spiro atoms. The van der Waals surface area contributed by atoms with Crippen molar-refractivity contribution in [1.82, 2.24) is 9.88 Å². The normalized spacial score (nSPS) is 14.9. The molecule has 0 radical (unpaired) electrons. The van der Waals surface area contributed by atoms with E-state index in [2.05, 4.69) is 11.6 Å². The number of hydrogen-bond donors (Lipinski definition) is 0. The highest BCUT2D eigenvalue weighted by Crippen LogP contribution is 2.41. The Bertz CT molecular complexity index is 854. The van der Waals surface area contributed by atoms with Crippen molar-refractivity contribution in [2.24, 2.45) is 0 Å². The lowest BCUT2D eigenvalue weighted by Crippen LogP contribution is -2.25. The molecule has 1 aliphatic heterocycles. The second-order valence-electron chi connectivity index (χ2n) is 5.30. The third-order valence-electron chi connectivity index (χ3n) is 3.83. The molecule has 0 N–H and O–H groups in total. The SMILES string of the molecule is C=C1C(Cl)=CC(c2ccccc2)=C(c2ncc(Cl)cc2Cl)N1CC. The predicted molar refractivity (Wildman–Crippen MR) is 103 cm³/mol. The van der Waals surface area contributed by atoms with Crippen LogP contribution in [0.4, 0.5) is 0 Å². The van der Waals surface area contributed by atoms with Crippen LogP contribution in [0.5, 0.6) is 0 Å². The van der Waals surface area contributed by atoms with Crippen molar-refractivity contribution in [2.75, 3.05) is 6.54 Å².